The smallest absolute Gasteiger partial charge is 0.167 e. The van der Waals surface area contributed by atoms with Gasteiger partial charge in [-0.05, 0) is 18.6 Å². The lowest BCUT2D eigenvalue weighted by Crippen LogP contribution is -2.00. The minimum absolute atomic E-state index is 0.167. The second-order valence-corrected chi connectivity index (χ2v) is 4.01. The molecule has 2 rings (SSSR count). The lowest BCUT2D eigenvalue weighted by molar-refractivity contribution is 0.387. The molecular formula is C14H15FN2O. The first-order valence-electron chi connectivity index (χ1n) is 5.57. The van der Waals surface area contributed by atoms with Gasteiger partial charge in [-0.2, -0.15) is 0 Å². The van der Waals surface area contributed by atoms with Gasteiger partial charge in [-0.15, -0.1) is 0 Å². The summed E-state index contributed by atoms with van der Waals surface area (Å²) < 4.78 is 18.4. The summed E-state index contributed by atoms with van der Waals surface area (Å²) in [6.07, 6.45) is 0. The van der Waals surface area contributed by atoms with Gasteiger partial charge < -0.3 is 15.8 Å². The molecule has 4 heteroatoms. The molecule has 0 radical (unpaired) electrons. The molecule has 0 saturated carbocycles. The van der Waals surface area contributed by atoms with Gasteiger partial charge in [0.1, 0.15) is 0 Å². The molecule has 94 valence electrons. The molecule has 0 atom stereocenters. The first-order chi connectivity index (χ1) is 8.61. The molecule has 0 amide bonds. The van der Waals surface area contributed by atoms with Gasteiger partial charge in [0, 0.05) is 17.8 Å². The predicted molar refractivity (Wildman–Crippen MR) is 71.8 cm³/mol. The Morgan fingerprint density at radius 1 is 1.17 bits per heavy atom. The third-order valence-electron chi connectivity index (χ3n) is 2.74. The minimum Gasteiger partial charge on any atom is -0.494 e. The number of nitrogens with one attached hydrogen (secondary N) is 1. The van der Waals surface area contributed by atoms with Crippen LogP contribution in [-0.2, 0) is 0 Å². The molecule has 0 heterocycles. The van der Waals surface area contributed by atoms with Gasteiger partial charge in [0.2, 0.25) is 0 Å². The summed E-state index contributed by atoms with van der Waals surface area (Å²) in [7, 11) is 1.42. The third-order valence-corrected chi connectivity index (χ3v) is 2.74. The minimum atomic E-state index is -0.467. The topological polar surface area (TPSA) is 47.3 Å². The van der Waals surface area contributed by atoms with Gasteiger partial charge in [-0.25, -0.2) is 4.39 Å². The molecule has 0 spiro atoms. The number of halogens is 1. The molecule has 18 heavy (non-hydrogen) atoms. The number of ether oxygens (including phenoxy) is 1. The maximum Gasteiger partial charge on any atom is 0.167 e. The number of nitrogens with two attached hydrogens (primary N) is 1. The van der Waals surface area contributed by atoms with E-state index in [2.05, 4.69) is 5.32 Å². The quantitative estimate of drug-likeness (QED) is 0.815. The predicted octanol–water partition coefficient (Wildman–Crippen LogP) is 3.47. The average molecular weight is 246 g/mol. The number of aryl methyl sites for hydroxylation is 1. The summed E-state index contributed by atoms with van der Waals surface area (Å²) in [5.74, 6) is -0.300. The summed E-state index contributed by atoms with van der Waals surface area (Å²) in [5.41, 5.74) is 8.77. The Morgan fingerprint density at radius 2 is 1.89 bits per heavy atom. The molecule has 0 unspecified atom stereocenters. The lowest BCUT2D eigenvalue weighted by atomic mass is 10.2. The number of rotatable bonds is 3. The molecule has 0 aliphatic carbocycles. The maximum absolute atomic E-state index is 13.4. The van der Waals surface area contributed by atoms with Crippen LogP contribution in [0.15, 0.2) is 36.4 Å². The third kappa shape index (κ3) is 2.37. The fraction of sp³-hybridized carbons (Fsp3) is 0.143. The molecule has 2 aromatic carbocycles. The van der Waals surface area contributed by atoms with Crippen LogP contribution < -0.4 is 15.8 Å². The van der Waals surface area contributed by atoms with Gasteiger partial charge in [0.25, 0.3) is 0 Å². The second kappa shape index (κ2) is 4.96. The number of anilines is 3. The zero-order valence-electron chi connectivity index (χ0n) is 10.3. The number of benzene rings is 2. The Balaban J connectivity index is 2.38. The molecule has 0 bridgehead atoms. The molecule has 0 aliphatic heterocycles. The van der Waals surface area contributed by atoms with E-state index in [4.69, 9.17) is 10.5 Å². The number of hydrogen-bond donors (Lipinski definition) is 2. The van der Waals surface area contributed by atoms with Crippen molar-refractivity contribution < 1.29 is 9.13 Å². The van der Waals surface area contributed by atoms with Gasteiger partial charge >= 0.3 is 0 Å². The van der Waals surface area contributed by atoms with E-state index < -0.39 is 5.82 Å². The number of nitrogen functional groups attached to an aromatic ring is 1. The largest absolute Gasteiger partial charge is 0.494 e. The van der Waals surface area contributed by atoms with E-state index in [-0.39, 0.29) is 5.75 Å². The number of hydrogen-bond acceptors (Lipinski definition) is 3. The summed E-state index contributed by atoms with van der Waals surface area (Å²) in [6, 6.07) is 10.6. The van der Waals surface area contributed by atoms with Crippen molar-refractivity contribution in [2.24, 2.45) is 0 Å². The van der Waals surface area contributed by atoms with E-state index in [0.29, 0.717) is 11.4 Å². The van der Waals surface area contributed by atoms with Gasteiger partial charge in [-0.3, -0.25) is 0 Å². The molecule has 2 aromatic rings. The Bertz CT molecular complexity index is 570. The SMILES string of the molecule is COc1cc(Nc2ccccc2C)c(N)cc1F. The van der Waals surface area contributed by atoms with E-state index >= 15 is 0 Å². The maximum atomic E-state index is 13.4. The molecular weight excluding hydrogens is 231 g/mol. The average Bonchev–Trinajstić information content (AvgIpc) is 2.35. The molecule has 0 aliphatic rings. The summed E-state index contributed by atoms with van der Waals surface area (Å²) in [6.45, 7) is 1.99. The van der Waals surface area contributed by atoms with Gasteiger partial charge in [0.05, 0.1) is 18.5 Å². The highest BCUT2D eigenvalue weighted by Crippen LogP contribution is 2.31. The Morgan fingerprint density at radius 3 is 2.56 bits per heavy atom. The van der Waals surface area contributed by atoms with Crippen LogP contribution in [-0.4, -0.2) is 7.11 Å². The van der Waals surface area contributed by atoms with Crippen LogP contribution in [0.1, 0.15) is 5.56 Å². The first kappa shape index (κ1) is 12.2. The van der Waals surface area contributed by atoms with Crippen molar-refractivity contribution in [1.82, 2.24) is 0 Å². The van der Waals surface area contributed by atoms with Crippen molar-refractivity contribution in [3.63, 3.8) is 0 Å². The van der Waals surface area contributed by atoms with Gasteiger partial charge in [-0.1, -0.05) is 18.2 Å². The van der Waals surface area contributed by atoms with Crippen LogP contribution in [0.5, 0.6) is 5.75 Å². The van der Waals surface area contributed by atoms with E-state index in [0.717, 1.165) is 11.3 Å². The van der Waals surface area contributed by atoms with E-state index in [1.807, 2.05) is 31.2 Å². The van der Waals surface area contributed by atoms with Crippen LogP contribution in [0.4, 0.5) is 21.5 Å². The zero-order valence-corrected chi connectivity index (χ0v) is 10.3. The van der Waals surface area contributed by atoms with Crippen LogP contribution in [0, 0.1) is 12.7 Å². The first-order valence-corrected chi connectivity index (χ1v) is 5.57. The number of para-hydroxylation sites is 1. The van der Waals surface area contributed by atoms with Crippen LogP contribution >= 0.6 is 0 Å². The standard InChI is InChI=1S/C14H15FN2O/c1-9-5-3-4-6-12(9)17-13-8-14(18-2)10(15)7-11(13)16/h3-8,17H,16H2,1-2H3. The highest BCUT2D eigenvalue weighted by molar-refractivity contribution is 5.75. The van der Waals surface area contributed by atoms with Crippen molar-refractivity contribution in [2.75, 3.05) is 18.2 Å². The summed E-state index contributed by atoms with van der Waals surface area (Å²) >= 11 is 0. The highest BCUT2D eigenvalue weighted by Gasteiger charge is 2.09. The Kier molecular flexibility index (Phi) is 3.37. The normalized spacial score (nSPS) is 10.2. The van der Waals surface area contributed by atoms with Crippen LogP contribution in [0.3, 0.4) is 0 Å². The summed E-state index contributed by atoms with van der Waals surface area (Å²) in [4.78, 5) is 0. The van der Waals surface area contributed by atoms with Crippen LogP contribution in [0.2, 0.25) is 0 Å². The fourth-order valence-corrected chi connectivity index (χ4v) is 1.69. The van der Waals surface area contributed by atoms with Crippen molar-refractivity contribution >= 4 is 17.1 Å². The van der Waals surface area contributed by atoms with Crippen molar-refractivity contribution in [1.29, 1.82) is 0 Å². The summed E-state index contributed by atoms with van der Waals surface area (Å²) in [5, 5.41) is 3.17. The molecule has 3 nitrogen and oxygen atoms in total. The van der Waals surface area contributed by atoms with Gasteiger partial charge in [0.15, 0.2) is 11.6 Å². The molecule has 0 saturated heterocycles. The Labute approximate surface area is 105 Å². The Hall–Kier alpha value is -2.23. The lowest BCUT2D eigenvalue weighted by Gasteiger charge is -2.13. The number of methoxy groups -OCH3 is 1. The van der Waals surface area contributed by atoms with E-state index in [1.54, 1.807) is 6.07 Å². The monoisotopic (exact) mass is 246 g/mol. The van der Waals surface area contributed by atoms with E-state index in [9.17, 15) is 4.39 Å². The second-order valence-electron chi connectivity index (χ2n) is 4.01. The van der Waals surface area contributed by atoms with E-state index in [1.165, 1.54) is 13.2 Å². The van der Waals surface area contributed by atoms with Crippen molar-refractivity contribution in [2.45, 2.75) is 6.92 Å². The van der Waals surface area contributed by atoms with Crippen molar-refractivity contribution in [3.8, 4) is 5.75 Å². The molecule has 0 fully saturated rings. The highest BCUT2D eigenvalue weighted by atomic mass is 19.1. The zero-order chi connectivity index (χ0) is 13.1. The van der Waals surface area contributed by atoms with Crippen LogP contribution in [0.25, 0.3) is 0 Å². The molecule has 3 N–H and O–H groups in total. The van der Waals surface area contributed by atoms with Crippen molar-refractivity contribution in [3.05, 3.63) is 47.8 Å². The molecule has 0 aromatic heterocycles. The fourth-order valence-electron chi connectivity index (χ4n) is 1.69.